The van der Waals surface area contributed by atoms with E-state index in [-0.39, 0.29) is 12.1 Å². The number of ether oxygens (including phenoxy) is 2. The summed E-state index contributed by atoms with van der Waals surface area (Å²) in [5.74, 6) is -2.23. The predicted molar refractivity (Wildman–Crippen MR) is 91.9 cm³/mol. The van der Waals surface area contributed by atoms with Gasteiger partial charge in [-0.1, -0.05) is 18.2 Å². The van der Waals surface area contributed by atoms with E-state index in [1.54, 1.807) is 0 Å². The molecule has 0 aromatic heterocycles. The summed E-state index contributed by atoms with van der Waals surface area (Å²) in [6.07, 6.45) is 0.478. The van der Waals surface area contributed by atoms with Crippen molar-refractivity contribution in [2.75, 3.05) is 18.5 Å². The van der Waals surface area contributed by atoms with E-state index in [1.807, 2.05) is 31.2 Å². The van der Waals surface area contributed by atoms with Crippen LogP contribution < -0.4 is 10.1 Å². The van der Waals surface area contributed by atoms with Crippen LogP contribution in [-0.2, 0) is 20.7 Å². The summed E-state index contributed by atoms with van der Waals surface area (Å²) in [6, 6.07) is 10.1. The molecule has 0 aliphatic heterocycles. The fourth-order valence-electron chi connectivity index (χ4n) is 2.24. The number of benzene rings is 2. The minimum atomic E-state index is -0.905. The summed E-state index contributed by atoms with van der Waals surface area (Å²) >= 11 is 0. The first-order valence-corrected chi connectivity index (χ1v) is 8.10. The summed E-state index contributed by atoms with van der Waals surface area (Å²) in [5.41, 5.74) is 0.683. The van der Waals surface area contributed by atoms with Gasteiger partial charge in [-0.2, -0.15) is 0 Å². The lowest BCUT2D eigenvalue weighted by Crippen LogP contribution is -2.21. The molecule has 0 saturated carbocycles. The van der Waals surface area contributed by atoms with Crippen LogP contribution in [0.25, 0.3) is 0 Å². The summed E-state index contributed by atoms with van der Waals surface area (Å²) in [5, 5.41) is 2.21. The topological polar surface area (TPSA) is 64.6 Å². The maximum atomic E-state index is 13.4. The molecule has 7 heteroatoms. The standard InChI is InChI=1S/C19H19F2NO4/c1-2-25-17-6-4-3-5-13(17)7-10-19(24)26-12-18(23)22-16-9-8-14(20)11-15(16)21/h3-6,8-9,11H,2,7,10,12H2,1H3,(H,22,23). The molecule has 0 aliphatic carbocycles. The molecule has 2 aromatic carbocycles. The highest BCUT2D eigenvalue weighted by molar-refractivity contribution is 5.92. The van der Waals surface area contributed by atoms with Crippen molar-refractivity contribution in [1.82, 2.24) is 0 Å². The number of halogens is 2. The smallest absolute Gasteiger partial charge is 0.306 e. The summed E-state index contributed by atoms with van der Waals surface area (Å²) in [7, 11) is 0. The molecule has 0 heterocycles. The lowest BCUT2D eigenvalue weighted by molar-refractivity contribution is -0.147. The number of nitrogens with one attached hydrogen (secondary N) is 1. The number of hydrogen-bond donors (Lipinski definition) is 1. The molecule has 2 aromatic rings. The first-order valence-electron chi connectivity index (χ1n) is 8.10. The van der Waals surface area contributed by atoms with Gasteiger partial charge in [0.25, 0.3) is 5.91 Å². The van der Waals surface area contributed by atoms with Gasteiger partial charge in [0, 0.05) is 12.5 Å². The zero-order chi connectivity index (χ0) is 18.9. The second kappa shape index (κ2) is 9.50. The first-order chi connectivity index (χ1) is 12.5. The van der Waals surface area contributed by atoms with Gasteiger partial charge in [-0.15, -0.1) is 0 Å². The molecule has 0 radical (unpaired) electrons. The van der Waals surface area contributed by atoms with E-state index in [1.165, 1.54) is 0 Å². The minimum absolute atomic E-state index is 0.0717. The Hall–Kier alpha value is -2.96. The van der Waals surface area contributed by atoms with Gasteiger partial charge in [-0.3, -0.25) is 9.59 Å². The Kier molecular flexibility index (Phi) is 7.08. The van der Waals surface area contributed by atoms with Crippen LogP contribution in [0.15, 0.2) is 42.5 Å². The van der Waals surface area contributed by atoms with Gasteiger partial charge in [-0.05, 0) is 37.1 Å². The molecule has 1 amide bonds. The second-order valence-electron chi connectivity index (χ2n) is 5.37. The summed E-state index contributed by atoms with van der Waals surface area (Å²) in [4.78, 5) is 23.5. The van der Waals surface area contributed by atoms with Crippen molar-refractivity contribution in [2.45, 2.75) is 19.8 Å². The van der Waals surface area contributed by atoms with Crippen molar-refractivity contribution in [1.29, 1.82) is 0 Å². The Bertz CT molecular complexity index is 780. The molecule has 2 rings (SSSR count). The van der Waals surface area contributed by atoms with Gasteiger partial charge in [0.2, 0.25) is 0 Å². The Balaban J connectivity index is 1.79. The van der Waals surface area contributed by atoms with Crippen LogP contribution in [0.4, 0.5) is 14.5 Å². The quantitative estimate of drug-likeness (QED) is 0.730. The largest absolute Gasteiger partial charge is 0.494 e. The highest BCUT2D eigenvalue weighted by Crippen LogP contribution is 2.19. The number of esters is 1. The van der Waals surface area contributed by atoms with Crippen molar-refractivity contribution in [3.05, 3.63) is 59.7 Å². The zero-order valence-corrected chi connectivity index (χ0v) is 14.3. The third-order valence-electron chi connectivity index (χ3n) is 3.44. The number of carbonyl (C=O) groups is 2. The molecular formula is C19H19F2NO4. The minimum Gasteiger partial charge on any atom is -0.494 e. The molecule has 0 saturated heterocycles. The molecular weight excluding hydrogens is 344 g/mol. The molecule has 0 fully saturated rings. The van der Waals surface area contributed by atoms with Gasteiger partial charge in [0.1, 0.15) is 17.4 Å². The highest BCUT2D eigenvalue weighted by atomic mass is 19.1. The molecule has 0 atom stereocenters. The van der Waals surface area contributed by atoms with Crippen molar-refractivity contribution < 1.29 is 27.8 Å². The van der Waals surface area contributed by atoms with Crippen molar-refractivity contribution in [2.24, 2.45) is 0 Å². The lowest BCUT2D eigenvalue weighted by Gasteiger charge is -2.10. The van der Waals surface area contributed by atoms with E-state index >= 15 is 0 Å². The maximum Gasteiger partial charge on any atom is 0.306 e. The monoisotopic (exact) mass is 363 g/mol. The van der Waals surface area contributed by atoms with Crippen LogP contribution in [-0.4, -0.2) is 25.1 Å². The third kappa shape index (κ3) is 5.84. The highest BCUT2D eigenvalue weighted by Gasteiger charge is 2.12. The number of anilines is 1. The van der Waals surface area contributed by atoms with Crippen LogP contribution in [0.3, 0.4) is 0 Å². The number of para-hydroxylation sites is 1. The molecule has 0 bridgehead atoms. The molecule has 0 unspecified atom stereocenters. The Morgan fingerprint density at radius 3 is 2.62 bits per heavy atom. The van der Waals surface area contributed by atoms with E-state index in [0.29, 0.717) is 24.8 Å². The van der Waals surface area contributed by atoms with E-state index in [9.17, 15) is 18.4 Å². The van der Waals surface area contributed by atoms with E-state index in [4.69, 9.17) is 9.47 Å². The van der Waals surface area contributed by atoms with Crippen molar-refractivity contribution in [3.8, 4) is 5.75 Å². The molecule has 138 valence electrons. The van der Waals surface area contributed by atoms with Gasteiger partial charge < -0.3 is 14.8 Å². The second-order valence-corrected chi connectivity index (χ2v) is 5.37. The van der Waals surface area contributed by atoms with E-state index in [0.717, 1.165) is 17.7 Å². The molecule has 26 heavy (non-hydrogen) atoms. The average Bonchev–Trinajstić information content (AvgIpc) is 2.62. The molecule has 0 aliphatic rings. The van der Waals surface area contributed by atoms with E-state index in [2.05, 4.69) is 5.32 Å². The van der Waals surface area contributed by atoms with Gasteiger partial charge in [-0.25, -0.2) is 8.78 Å². The number of aryl methyl sites for hydroxylation is 1. The van der Waals surface area contributed by atoms with Gasteiger partial charge in [0.15, 0.2) is 6.61 Å². The first kappa shape index (κ1) is 19.4. The third-order valence-corrected chi connectivity index (χ3v) is 3.44. The Morgan fingerprint density at radius 1 is 1.12 bits per heavy atom. The fourth-order valence-corrected chi connectivity index (χ4v) is 2.24. The summed E-state index contributed by atoms with van der Waals surface area (Å²) in [6.45, 7) is 1.83. The number of hydrogen-bond acceptors (Lipinski definition) is 4. The summed E-state index contributed by atoms with van der Waals surface area (Å²) < 4.78 is 36.6. The fraction of sp³-hybridized carbons (Fsp3) is 0.263. The number of rotatable bonds is 8. The van der Waals surface area contributed by atoms with Crippen molar-refractivity contribution >= 4 is 17.6 Å². The predicted octanol–water partition coefficient (Wildman–Crippen LogP) is 3.48. The number of amides is 1. The maximum absolute atomic E-state index is 13.4. The van der Waals surface area contributed by atoms with Crippen LogP contribution >= 0.6 is 0 Å². The lowest BCUT2D eigenvalue weighted by atomic mass is 10.1. The SMILES string of the molecule is CCOc1ccccc1CCC(=O)OCC(=O)Nc1ccc(F)cc1F. The molecule has 0 spiro atoms. The zero-order valence-electron chi connectivity index (χ0n) is 14.3. The van der Waals surface area contributed by atoms with E-state index < -0.39 is 30.1 Å². The normalized spacial score (nSPS) is 10.3. The Morgan fingerprint density at radius 2 is 1.88 bits per heavy atom. The Labute approximate surface area is 149 Å². The van der Waals surface area contributed by atoms with Gasteiger partial charge >= 0.3 is 5.97 Å². The average molecular weight is 363 g/mol. The van der Waals surface area contributed by atoms with Crippen LogP contribution in [0.5, 0.6) is 5.75 Å². The number of carbonyl (C=O) groups excluding carboxylic acids is 2. The van der Waals surface area contributed by atoms with Gasteiger partial charge in [0.05, 0.1) is 12.3 Å². The van der Waals surface area contributed by atoms with Crippen LogP contribution in [0, 0.1) is 11.6 Å². The van der Waals surface area contributed by atoms with Crippen LogP contribution in [0.2, 0.25) is 0 Å². The molecule has 5 nitrogen and oxygen atoms in total. The molecule has 1 N–H and O–H groups in total. The van der Waals surface area contributed by atoms with Crippen molar-refractivity contribution in [3.63, 3.8) is 0 Å². The van der Waals surface area contributed by atoms with Crippen LogP contribution in [0.1, 0.15) is 18.9 Å².